The van der Waals surface area contributed by atoms with Crippen molar-refractivity contribution < 1.29 is 5.11 Å². The summed E-state index contributed by atoms with van der Waals surface area (Å²) in [5.74, 6) is 0. The molecule has 0 aromatic heterocycles. The molecule has 2 nitrogen and oxygen atoms in total. The molecule has 0 spiro atoms. The molecule has 1 aliphatic carbocycles. The van der Waals surface area contributed by atoms with Gasteiger partial charge in [0.1, 0.15) is 0 Å². The van der Waals surface area contributed by atoms with Gasteiger partial charge in [-0.3, -0.25) is 0 Å². The first-order valence-electron chi connectivity index (χ1n) is 3.58. The predicted molar refractivity (Wildman–Crippen MR) is 37.3 cm³/mol. The maximum Gasteiger partial charge on any atom is 0.0499 e. The van der Waals surface area contributed by atoms with Crippen LogP contribution in [0.5, 0.6) is 0 Å². The Morgan fingerprint density at radius 2 is 2.22 bits per heavy atom. The molecule has 1 rings (SSSR count). The molecular formula is C7H15NO. The van der Waals surface area contributed by atoms with Crippen molar-refractivity contribution in [2.75, 3.05) is 20.2 Å². The standard InChI is InChI=1S/C7H15NO/c1-8-5-7(6-9)3-2-4-7/h8-9H,2-6H2,1H3. The number of aliphatic hydroxyl groups is 1. The Morgan fingerprint density at radius 3 is 2.33 bits per heavy atom. The van der Waals surface area contributed by atoms with Crippen LogP contribution in [0.4, 0.5) is 0 Å². The second-order valence-electron chi connectivity index (χ2n) is 3.04. The van der Waals surface area contributed by atoms with Crippen molar-refractivity contribution in [3.63, 3.8) is 0 Å². The van der Waals surface area contributed by atoms with Crippen LogP contribution >= 0.6 is 0 Å². The smallest absolute Gasteiger partial charge is 0.0499 e. The summed E-state index contributed by atoms with van der Waals surface area (Å²) in [5.41, 5.74) is 0.259. The lowest BCUT2D eigenvalue weighted by molar-refractivity contribution is 0.0467. The van der Waals surface area contributed by atoms with Gasteiger partial charge in [-0.1, -0.05) is 6.42 Å². The van der Waals surface area contributed by atoms with E-state index in [9.17, 15) is 0 Å². The molecule has 0 bridgehead atoms. The zero-order valence-electron chi connectivity index (χ0n) is 5.98. The van der Waals surface area contributed by atoms with E-state index >= 15 is 0 Å². The molecule has 9 heavy (non-hydrogen) atoms. The van der Waals surface area contributed by atoms with Crippen molar-refractivity contribution in [1.82, 2.24) is 5.32 Å². The van der Waals surface area contributed by atoms with Crippen LogP contribution in [-0.4, -0.2) is 25.3 Å². The minimum absolute atomic E-state index is 0.259. The van der Waals surface area contributed by atoms with Crippen LogP contribution in [0.2, 0.25) is 0 Å². The average molecular weight is 129 g/mol. The fourth-order valence-electron chi connectivity index (χ4n) is 1.44. The Labute approximate surface area is 56.3 Å². The monoisotopic (exact) mass is 129 g/mol. The first-order valence-corrected chi connectivity index (χ1v) is 3.58. The Hall–Kier alpha value is -0.0800. The van der Waals surface area contributed by atoms with Gasteiger partial charge >= 0.3 is 0 Å². The fraction of sp³-hybridized carbons (Fsp3) is 1.00. The zero-order chi connectivity index (χ0) is 6.74. The van der Waals surface area contributed by atoms with E-state index in [0.29, 0.717) is 6.61 Å². The molecule has 0 heterocycles. The van der Waals surface area contributed by atoms with E-state index in [1.807, 2.05) is 7.05 Å². The molecule has 2 heteroatoms. The summed E-state index contributed by atoms with van der Waals surface area (Å²) in [4.78, 5) is 0. The van der Waals surface area contributed by atoms with Crippen molar-refractivity contribution >= 4 is 0 Å². The highest BCUT2D eigenvalue weighted by Crippen LogP contribution is 2.39. The first-order chi connectivity index (χ1) is 4.33. The molecule has 1 saturated carbocycles. The lowest BCUT2D eigenvalue weighted by atomic mass is 9.69. The van der Waals surface area contributed by atoms with Gasteiger partial charge in [-0.2, -0.15) is 0 Å². The highest BCUT2D eigenvalue weighted by molar-refractivity contribution is 4.88. The van der Waals surface area contributed by atoms with Gasteiger partial charge in [0.05, 0.1) is 0 Å². The summed E-state index contributed by atoms with van der Waals surface area (Å²) in [6.45, 7) is 1.33. The maximum absolute atomic E-state index is 8.93. The van der Waals surface area contributed by atoms with Crippen molar-refractivity contribution in [3.8, 4) is 0 Å². The first kappa shape index (κ1) is 7.03. The number of rotatable bonds is 3. The zero-order valence-corrected chi connectivity index (χ0v) is 5.98. The average Bonchev–Trinajstić information content (AvgIpc) is 1.79. The normalized spacial score (nSPS) is 23.3. The number of hydrogen-bond donors (Lipinski definition) is 2. The van der Waals surface area contributed by atoms with Crippen molar-refractivity contribution in [2.45, 2.75) is 19.3 Å². The molecule has 0 saturated heterocycles. The summed E-state index contributed by atoms with van der Waals surface area (Å²) in [5, 5.41) is 12.0. The second kappa shape index (κ2) is 2.67. The van der Waals surface area contributed by atoms with Crippen LogP contribution in [0.25, 0.3) is 0 Å². The van der Waals surface area contributed by atoms with Crippen LogP contribution in [0.15, 0.2) is 0 Å². The predicted octanol–water partition coefficient (Wildman–Crippen LogP) is 0.368. The molecule has 1 aliphatic rings. The third-order valence-electron chi connectivity index (χ3n) is 2.30. The third-order valence-corrected chi connectivity index (χ3v) is 2.30. The van der Waals surface area contributed by atoms with Crippen LogP contribution in [0.1, 0.15) is 19.3 Å². The van der Waals surface area contributed by atoms with Crippen LogP contribution in [0.3, 0.4) is 0 Å². The van der Waals surface area contributed by atoms with Crippen molar-refractivity contribution in [1.29, 1.82) is 0 Å². The molecule has 54 valence electrons. The molecule has 0 amide bonds. The van der Waals surface area contributed by atoms with Gasteiger partial charge in [0, 0.05) is 18.6 Å². The van der Waals surface area contributed by atoms with Gasteiger partial charge in [0.25, 0.3) is 0 Å². The minimum Gasteiger partial charge on any atom is -0.396 e. The van der Waals surface area contributed by atoms with Gasteiger partial charge < -0.3 is 10.4 Å². The van der Waals surface area contributed by atoms with E-state index in [4.69, 9.17) is 5.11 Å². The minimum atomic E-state index is 0.259. The molecule has 0 aliphatic heterocycles. The quantitative estimate of drug-likeness (QED) is 0.577. The Bertz CT molecular complexity index is 83.4. The topological polar surface area (TPSA) is 32.3 Å². The van der Waals surface area contributed by atoms with Gasteiger partial charge in [0.15, 0.2) is 0 Å². The molecule has 2 N–H and O–H groups in total. The molecule has 0 aromatic rings. The van der Waals surface area contributed by atoms with Crippen molar-refractivity contribution in [2.24, 2.45) is 5.41 Å². The van der Waals surface area contributed by atoms with Gasteiger partial charge in [-0.15, -0.1) is 0 Å². The van der Waals surface area contributed by atoms with Crippen LogP contribution in [0, 0.1) is 5.41 Å². The SMILES string of the molecule is CNCC1(CO)CCC1. The van der Waals surface area contributed by atoms with Gasteiger partial charge in [0.2, 0.25) is 0 Å². The number of hydrogen-bond acceptors (Lipinski definition) is 2. The van der Waals surface area contributed by atoms with E-state index < -0.39 is 0 Å². The maximum atomic E-state index is 8.93. The molecule has 1 fully saturated rings. The Morgan fingerprint density at radius 1 is 1.56 bits per heavy atom. The van der Waals surface area contributed by atoms with Gasteiger partial charge in [-0.05, 0) is 19.9 Å². The molecule has 0 atom stereocenters. The number of aliphatic hydroxyl groups excluding tert-OH is 1. The third kappa shape index (κ3) is 1.25. The molecule has 0 radical (unpaired) electrons. The number of nitrogens with one attached hydrogen (secondary N) is 1. The van der Waals surface area contributed by atoms with Crippen molar-refractivity contribution in [3.05, 3.63) is 0 Å². The Balaban J connectivity index is 2.28. The summed E-state index contributed by atoms with van der Waals surface area (Å²) in [6, 6.07) is 0. The van der Waals surface area contributed by atoms with E-state index in [0.717, 1.165) is 6.54 Å². The van der Waals surface area contributed by atoms with Gasteiger partial charge in [-0.25, -0.2) is 0 Å². The van der Waals surface area contributed by atoms with E-state index in [2.05, 4.69) is 5.32 Å². The summed E-state index contributed by atoms with van der Waals surface area (Å²) in [7, 11) is 1.94. The highest BCUT2D eigenvalue weighted by Gasteiger charge is 2.35. The fourth-order valence-corrected chi connectivity index (χ4v) is 1.44. The molecule has 0 unspecified atom stereocenters. The van der Waals surface area contributed by atoms with E-state index in [1.54, 1.807) is 0 Å². The van der Waals surface area contributed by atoms with E-state index in [-0.39, 0.29) is 5.41 Å². The summed E-state index contributed by atoms with van der Waals surface area (Å²) < 4.78 is 0. The Kier molecular flexibility index (Phi) is 2.09. The highest BCUT2D eigenvalue weighted by atomic mass is 16.3. The largest absolute Gasteiger partial charge is 0.396 e. The van der Waals surface area contributed by atoms with E-state index in [1.165, 1.54) is 19.3 Å². The van der Waals surface area contributed by atoms with Crippen LogP contribution < -0.4 is 5.32 Å². The summed E-state index contributed by atoms with van der Waals surface area (Å²) in [6.07, 6.45) is 3.69. The summed E-state index contributed by atoms with van der Waals surface area (Å²) >= 11 is 0. The van der Waals surface area contributed by atoms with Crippen LogP contribution in [-0.2, 0) is 0 Å². The lowest BCUT2D eigenvalue weighted by Gasteiger charge is -2.40. The molecular weight excluding hydrogens is 114 g/mol. The molecule has 0 aromatic carbocycles. The lowest BCUT2D eigenvalue weighted by Crippen LogP contribution is -2.41. The second-order valence-corrected chi connectivity index (χ2v) is 3.04.